The first-order valence-electron chi connectivity index (χ1n) is 6.89. The summed E-state index contributed by atoms with van der Waals surface area (Å²) >= 11 is 0. The van der Waals surface area contributed by atoms with Gasteiger partial charge in [0.25, 0.3) is 0 Å². The van der Waals surface area contributed by atoms with Gasteiger partial charge < -0.3 is 0 Å². The Balaban J connectivity index is 1.96. The van der Waals surface area contributed by atoms with Crippen molar-refractivity contribution in [3.05, 3.63) is 60.2 Å². The lowest BCUT2D eigenvalue weighted by atomic mass is 10.2. The second-order valence-corrected chi connectivity index (χ2v) is 6.99. The third kappa shape index (κ3) is 2.33. The van der Waals surface area contributed by atoms with Gasteiger partial charge in [0, 0.05) is 10.8 Å². The van der Waals surface area contributed by atoms with Gasteiger partial charge in [0.05, 0.1) is 5.75 Å². The number of rotatable bonds is 3. The molecule has 0 N–H and O–H groups in total. The number of sulfone groups is 1. The number of hydrogen-bond acceptors (Lipinski definition) is 6. The monoisotopic (exact) mass is 325 g/mol. The Labute approximate surface area is 131 Å². The van der Waals surface area contributed by atoms with E-state index in [9.17, 15) is 8.42 Å². The van der Waals surface area contributed by atoms with Crippen molar-refractivity contribution in [3.8, 4) is 0 Å². The van der Waals surface area contributed by atoms with E-state index in [0.717, 1.165) is 4.63 Å². The standard InChI is InChI=1S/C15H11N5O2S/c21-23(22,10-11-6-2-1-3-7-11)15-13-9-5-4-8-12(13)14-16-18-19-20(14)17-15/h1-9H,10H2. The third-order valence-electron chi connectivity index (χ3n) is 3.53. The van der Waals surface area contributed by atoms with Crippen LogP contribution in [0.3, 0.4) is 0 Å². The summed E-state index contributed by atoms with van der Waals surface area (Å²) in [7, 11) is -3.64. The van der Waals surface area contributed by atoms with Crippen molar-refractivity contribution in [1.29, 1.82) is 0 Å². The van der Waals surface area contributed by atoms with Gasteiger partial charge >= 0.3 is 0 Å². The molecule has 0 fully saturated rings. The van der Waals surface area contributed by atoms with Gasteiger partial charge in [0.1, 0.15) is 0 Å². The van der Waals surface area contributed by atoms with E-state index in [1.165, 1.54) is 0 Å². The molecule has 0 unspecified atom stereocenters. The fourth-order valence-electron chi connectivity index (χ4n) is 2.51. The van der Waals surface area contributed by atoms with E-state index in [4.69, 9.17) is 0 Å². The molecular weight excluding hydrogens is 314 g/mol. The first-order valence-corrected chi connectivity index (χ1v) is 8.54. The molecule has 0 saturated heterocycles. The molecule has 0 bridgehead atoms. The fraction of sp³-hybridized carbons (Fsp3) is 0.0667. The largest absolute Gasteiger partial charge is 0.222 e. The van der Waals surface area contributed by atoms with Gasteiger partial charge in [-0.05, 0) is 16.0 Å². The van der Waals surface area contributed by atoms with E-state index in [-0.39, 0.29) is 10.8 Å². The van der Waals surface area contributed by atoms with Gasteiger partial charge in [-0.1, -0.05) is 54.6 Å². The molecule has 4 aromatic rings. The number of benzene rings is 2. The predicted molar refractivity (Wildman–Crippen MR) is 83.4 cm³/mol. The molecule has 0 aliphatic rings. The molecule has 4 rings (SSSR count). The molecule has 2 heterocycles. The second kappa shape index (κ2) is 5.10. The smallest absolute Gasteiger partial charge is 0.207 e. The molecular formula is C15H11N5O2S. The number of aromatic nitrogens is 5. The normalized spacial score (nSPS) is 12.0. The summed E-state index contributed by atoms with van der Waals surface area (Å²) in [6, 6.07) is 16.1. The van der Waals surface area contributed by atoms with Crippen LogP contribution >= 0.6 is 0 Å². The Hall–Kier alpha value is -2.87. The Morgan fingerprint density at radius 1 is 0.913 bits per heavy atom. The average molecular weight is 325 g/mol. The zero-order chi connectivity index (χ0) is 15.9. The number of nitrogens with zero attached hydrogens (tertiary/aromatic N) is 5. The highest BCUT2D eigenvalue weighted by molar-refractivity contribution is 7.90. The molecule has 2 aromatic carbocycles. The minimum Gasteiger partial charge on any atom is -0.222 e. The maximum absolute atomic E-state index is 12.8. The molecule has 114 valence electrons. The summed E-state index contributed by atoms with van der Waals surface area (Å²) < 4.78 is 26.8. The molecule has 0 saturated carbocycles. The quantitative estimate of drug-likeness (QED) is 0.569. The zero-order valence-corrected chi connectivity index (χ0v) is 12.7. The first kappa shape index (κ1) is 13.8. The maximum atomic E-state index is 12.8. The summed E-state index contributed by atoms with van der Waals surface area (Å²) in [4.78, 5) is 0. The van der Waals surface area contributed by atoms with Crippen LogP contribution in [0.25, 0.3) is 16.4 Å². The lowest BCUT2D eigenvalue weighted by Gasteiger charge is -2.07. The van der Waals surface area contributed by atoms with Crippen molar-refractivity contribution >= 4 is 26.3 Å². The Kier molecular flexibility index (Phi) is 3.05. The van der Waals surface area contributed by atoms with Crippen molar-refractivity contribution in [2.75, 3.05) is 0 Å². The lowest BCUT2D eigenvalue weighted by Crippen LogP contribution is -2.11. The molecule has 23 heavy (non-hydrogen) atoms. The van der Waals surface area contributed by atoms with Gasteiger partial charge in [-0.3, -0.25) is 0 Å². The Bertz CT molecular complexity index is 1110. The molecule has 2 aromatic heterocycles. The lowest BCUT2D eigenvalue weighted by molar-refractivity contribution is 0.586. The van der Waals surface area contributed by atoms with E-state index < -0.39 is 9.84 Å². The van der Waals surface area contributed by atoms with Crippen molar-refractivity contribution in [2.24, 2.45) is 0 Å². The predicted octanol–water partition coefficient (Wildman–Crippen LogP) is 1.65. The first-order chi connectivity index (χ1) is 11.1. The topological polar surface area (TPSA) is 90.1 Å². The maximum Gasteiger partial charge on any atom is 0.207 e. The highest BCUT2D eigenvalue weighted by Gasteiger charge is 2.23. The van der Waals surface area contributed by atoms with Gasteiger partial charge in [-0.15, -0.1) is 14.8 Å². The van der Waals surface area contributed by atoms with E-state index in [2.05, 4.69) is 20.6 Å². The van der Waals surface area contributed by atoms with Crippen LogP contribution in [0.5, 0.6) is 0 Å². The Morgan fingerprint density at radius 3 is 2.39 bits per heavy atom. The average Bonchev–Trinajstić information content (AvgIpc) is 3.03. The van der Waals surface area contributed by atoms with Gasteiger partial charge in [-0.25, -0.2) is 8.42 Å². The van der Waals surface area contributed by atoms with Crippen molar-refractivity contribution < 1.29 is 8.42 Å². The van der Waals surface area contributed by atoms with Crippen LogP contribution < -0.4 is 0 Å². The van der Waals surface area contributed by atoms with Crippen LogP contribution in [0.2, 0.25) is 0 Å². The van der Waals surface area contributed by atoms with Gasteiger partial charge in [0.2, 0.25) is 15.5 Å². The molecule has 0 amide bonds. The highest BCUT2D eigenvalue weighted by atomic mass is 32.2. The van der Waals surface area contributed by atoms with E-state index in [1.54, 1.807) is 42.5 Å². The molecule has 0 aliphatic heterocycles. The van der Waals surface area contributed by atoms with Crippen LogP contribution in [-0.2, 0) is 15.6 Å². The van der Waals surface area contributed by atoms with E-state index >= 15 is 0 Å². The number of hydrogen-bond donors (Lipinski definition) is 0. The van der Waals surface area contributed by atoms with E-state index in [0.29, 0.717) is 22.0 Å². The zero-order valence-electron chi connectivity index (χ0n) is 11.9. The SMILES string of the molecule is O=S(=O)(Cc1ccccc1)c1nn2nnnc2c2ccccc12. The highest BCUT2D eigenvalue weighted by Crippen LogP contribution is 2.25. The van der Waals surface area contributed by atoms with Gasteiger partial charge in [0.15, 0.2) is 5.03 Å². The summed E-state index contributed by atoms with van der Waals surface area (Å²) in [6.45, 7) is 0. The molecule has 7 nitrogen and oxygen atoms in total. The van der Waals surface area contributed by atoms with Crippen molar-refractivity contribution in [2.45, 2.75) is 10.8 Å². The molecule has 0 radical (unpaired) electrons. The summed E-state index contributed by atoms with van der Waals surface area (Å²) in [5, 5.41) is 16.5. The van der Waals surface area contributed by atoms with Crippen LogP contribution in [0.4, 0.5) is 0 Å². The fourth-order valence-corrected chi connectivity index (χ4v) is 3.99. The molecule has 8 heteroatoms. The van der Waals surface area contributed by atoms with E-state index in [1.807, 2.05) is 12.1 Å². The van der Waals surface area contributed by atoms with Crippen LogP contribution in [0.1, 0.15) is 5.56 Å². The van der Waals surface area contributed by atoms with Crippen LogP contribution in [0.15, 0.2) is 59.6 Å². The summed E-state index contributed by atoms with van der Waals surface area (Å²) in [5.74, 6) is -0.127. The summed E-state index contributed by atoms with van der Waals surface area (Å²) in [6.07, 6.45) is 0. The number of fused-ring (bicyclic) bond motifs is 3. The molecule has 0 spiro atoms. The van der Waals surface area contributed by atoms with Crippen LogP contribution in [0, 0.1) is 0 Å². The molecule has 0 atom stereocenters. The van der Waals surface area contributed by atoms with Gasteiger partial charge in [-0.2, -0.15) is 0 Å². The Morgan fingerprint density at radius 2 is 1.61 bits per heavy atom. The number of tetrazole rings is 1. The summed E-state index contributed by atoms with van der Waals surface area (Å²) in [5.41, 5.74) is 1.13. The minimum absolute atomic E-state index is 0.0169. The molecule has 0 aliphatic carbocycles. The third-order valence-corrected chi connectivity index (χ3v) is 5.14. The second-order valence-electron chi connectivity index (χ2n) is 5.09. The van der Waals surface area contributed by atoms with Crippen LogP contribution in [-0.4, -0.2) is 33.7 Å². The van der Waals surface area contributed by atoms with Crippen molar-refractivity contribution in [1.82, 2.24) is 25.3 Å². The minimum atomic E-state index is -3.64. The van der Waals surface area contributed by atoms with Crippen molar-refractivity contribution in [3.63, 3.8) is 0 Å².